The lowest BCUT2D eigenvalue weighted by Gasteiger charge is -2.27. The van der Waals surface area contributed by atoms with Crippen LogP contribution in [0, 0.1) is 5.92 Å². The first kappa shape index (κ1) is 12.6. The van der Waals surface area contributed by atoms with E-state index in [1.165, 1.54) is 25.7 Å². The Bertz CT molecular complexity index is 384. The molecule has 96 valence electrons. The Hall–Kier alpha value is -0.900. The molecule has 1 aromatic rings. The highest BCUT2D eigenvalue weighted by Crippen LogP contribution is 2.37. The lowest BCUT2D eigenvalue weighted by Crippen LogP contribution is -2.41. The average Bonchev–Trinajstić information content (AvgIpc) is 2.89. The minimum Gasteiger partial charge on any atom is -0.339 e. The van der Waals surface area contributed by atoms with Crippen LogP contribution in [0.2, 0.25) is 0 Å². The maximum Gasteiger partial charge on any atom is 0.232 e. The molecular formula is C13H23N3O. The maximum atomic E-state index is 6.41. The minimum atomic E-state index is -0.455. The van der Waals surface area contributed by atoms with Gasteiger partial charge in [-0.25, -0.2) is 0 Å². The van der Waals surface area contributed by atoms with Crippen molar-refractivity contribution in [3.63, 3.8) is 0 Å². The maximum absolute atomic E-state index is 6.41. The quantitative estimate of drug-likeness (QED) is 0.859. The Kier molecular flexibility index (Phi) is 3.02. The molecule has 1 heterocycles. The van der Waals surface area contributed by atoms with E-state index >= 15 is 0 Å². The molecule has 1 aliphatic carbocycles. The van der Waals surface area contributed by atoms with Crippen LogP contribution in [-0.4, -0.2) is 10.1 Å². The van der Waals surface area contributed by atoms with Crippen LogP contribution in [0.4, 0.5) is 0 Å². The molecule has 1 aromatic heterocycles. The second kappa shape index (κ2) is 4.09. The van der Waals surface area contributed by atoms with E-state index in [2.05, 4.69) is 30.9 Å². The van der Waals surface area contributed by atoms with Crippen molar-refractivity contribution in [1.29, 1.82) is 0 Å². The summed E-state index contributed by atoms with van der Waals surface area (Å²) in [6.07, 6.45) is 4.88. The Balaban J connectivity index is 2.24. The normalized spacial score (nSPS) is 21.7. The standard InChI is InChI=1S/C13H23N3O/c1-12(2,3)11-15-10(16-17-11)13(4,14)9-7-5-6-8-9/h9H,5-8,14H2,1-4H3. The number of rotatable bonds is 2. The highest BCUT2D eigenvalue weighted by molar-refractivity contribution is 5.08. The van der Waals surface area contributed by atoms with E-state index in [9.17, 15) is 0 Å². The van der Waals surface area contributed by atoms with Gasteiger partial charge in [0.25, 0.3) is 0 Å². The van der Waals surface area contributed by atoms with E-state index in [0.717, 1.165) is 0 Å². The molecule has 4 nitrogen and oxygen atoms in total. The monoisotopic (exact) mass is 237 g/mol. The van der Waals surface area contributed by atoms with Crippen molar-refractivity contribution >= 4 is 0 Å². The summed E-state index contributed by atoms with van der Waals surface area (Å²) in [6.45, 7) is 8.22. The third-order valence-electron chi connectivity index (χ3n) is 3.75. The predicted molar refractivity (Wildman–Crippen MR) is 66.5 cm³/mol. The predicted octanol–water partition coefficient (Wildman–Crippen LogP) is 2.73. The molecule has 0 amide bonds. The zero-order chi connectivity index (χ0) is 12.7. The molecule has 0 aromatic carbocycles. The molecule has 2 N–H and O–H groups in total. The van der Waals surface area contributed by atoms with Gasteiger partial charge in [0.05, 0.1) is 5.54 Å². The largest absolute Gasteiger partial charge is 0.339 e. The van der Waals surface area contributed by atoms with E-state index < -0.39 is 5.54 Å². The van der Waals surface area contributed by atoms with E-state index in [-0.39, 0.29) is 5.41 Å². The van der Waals surface area contributed by atoms with Crippen LogP contribution in [0.25, 0.3) is 0 Å². The van der Waals surface area contributed by atoms with Crippen molar-refractivity contribution in [1.82, 2.24) is 10.1 Å². The summed E-state index contributed by atoms with van der Waals surface area (Å²) in [4.78, 5) is 4.50. The molecule has 0 saturated heterocycles. The van der Waals surface area contributed by atoms with Crippen LogP contribution < -0.4 is 5.73 Å². The SMILES string of the molecule is CC(C)(C)c1nc(C(C)(N)C2CCCC2)no1. The van der Waals surface area contributed by atoms with Crippen LogP contribution >= 0.6 is 0 Å². The first-order valence-corrected chi connectivity index (χ1v) is 6.45. The summed E-state index contributed by atoms with van der Waals surface area (Å²) in [6, 6.07) is 0. The molecule has 0 bridgehead atoms. The molecule has 0 aliphatic heterocycles. The number of aromatic nitrogens is 2. The molecule has 17 heavy (non-hydrogen) atoms. The van der Waals surface area contributed by atoms with Crippen LogP contribution in [0.1, 0.15) is 65.1 Å². The zero-order valence-electron chi connectivity index (χ0n) is 11.3. The van der Waals surface area contributed by atoms with Crippen molar-refractivity contribution in [2.45, 2.75) is 64.3 Å². The van der Waals surface area contributed by atoms with E-state index in [1.54, 1.807) is 0 Å². The van der Waals surface area contributed by atoms with Crippen molar-refractivity contribution < 1.29 is 4.52 Å². The summed E-state index contributed by atoms with van der Waals surface area (Å²) in [5.74, 6) is 1.81. The van der Waals surface area contributed by atoms with E-state index in [0.29, 0.717) is 17.6 Å². The topological polar surface area (TPSA) is 64.9 Å². The fourth-order valence-electron chi connectivity index (χ4n) is 2.45. The van der Waals surface area contributed by atoms with Gasteiger partial charge in [0.2, 0.25) is 5.89 Å². The van der Waals surface area contributed by atoms with Gasteiger partial charge in [0.15, 0.2) is 5.82 Å². The lowest BCUT2D eigenvalue weighted by molar-refractivity contribution is 0.270. The molecule has 1 unspecified atom stereocenters. The average molecular weight is 237 g/mol. The Morgan fingerprint density at radius 2 is 1.76 bits per heavy atom. The van der Waals surface area contributed by atoms with Crippen LogP contribution in [0.3, 0.4) is 0 Å². The third kappa shape index (κ3) is 2.37. The van der Waals surface area contributed by atoms with Crippen LogP contribution in [0.5, 0.6) is 0 Å². The Morgan fingerprint density at radius 3 is 2.24 bits per heavy atom. The minimum absolute atomic E-state index is 0.114. The van der Waals surface area contributed by atoms with Crippen molar-refractivity contribution in [3.8, 4) is 0 Å². The first-order valence-electron chi connectivity index (χ1n) is 6.45. The lowest BCUT2D eigenvalue weighted by atomic mass is 9.84. The molecule has 4 heteroatoms. The molecule has 1 aliphatic rings. The van der Waals surface area contributed by atoms with Gasteiger partial charge in [-0.3, -0.25) is 0 Å². The summed E-state index contributed by atoms with van der Waals surface area (Å²) in [5, 5.41) is 4.09. The van der Waals surface area contributed by atoms with E-state index in [1.807, 2.05) is 6.92 Å². The summed E-state index contributed by atoms with van der Waals surface area (Å²) in [5.41, 5.74) is 5.85. The van der Waals surface area contributed by atoms with Gasteiger partial charge < -0.3 is 10.3 Å². The van der Waals surface area contributed by atoms with Gasteiger partial charge in [-0.1, -0.05) is 38.8 Å². The van der Waals surface area contributed by atoms with Crippen molar-refractivity contribution in [2.24, 2.45) is 11.7 Å². The Morgan fingerprint density at radius 1 is 1.18 bits per heavy atom. The van der Waals surface area contributed by atoms with E-state index in [4.69, 9.17) is 10.3 Å². The molecule has 0 spiro atoms. The molecular weight excluding hydrogens is 214 g/mol. The first-order chi connectivity index (χ1) is 7.82. The summed E-state index contributed by atoms with van der Waals surface area (Å²) >= 11 is 0. The van der Waals surface area contributed by atoms with Crippen LogP contribution in [0.15, 0.2) is 4.52 Å². The van der Waals surface area contributed by atoms with Gasteiger partial charge in [-0.15, -0.1) is 0 Å². The third-order valence-corrected chi connectivity index (χ3v) is 3.75. The number of hydrogen-bond acceptors (Lipinski definition) is 4. The van der Waals surface area contributed by atoms with Crippen LogP contribution in [-0.2, 0) is 11.0 Å². The molecule has 1 fully saturated rings. The van der Waals surface area contributed by atoms with Gasteiger partial charge in [0.1, 0.15) is 0 Å². The summed E-state index contributed by atoms with van der Waals surface area (Å²) < 4.78 is 5.33. The highest BCUT2D eigenvalue weighted by atomic mass is 16.5. The highest BCUT2D eigenvalue weighted by Gasteiger charge is 2.38. The van der Waals surface area contributed by atoms with Crippen molar-refractivity contribution in [2.75, 3.05) is 0 Å². The van der Waals surface area contributed by atoms with Gasteiger partial charge >= 0.3 is 0 Å². The van der Waals surface area contributed by atoms with Crippen molar-refractivity contribution in [3.05, 3.63) is 11.7 Å². The fourth-order valence-corrected chi connectivity index (χ4v) is 2.45. The van der Waals surface area contributed by atoms with Gasteiger partial charge in [0, 0.05) is 5.41 Å². The molecule has 2 rings (SSSR count). The molecule has 1 saturated carbocycles. The fraction of sp³-hybridized carbons (Fsp3) is 0.846. The number of nitrogens with zero attached hydrogens (tertiary/aromatic N) is 2. The smallest absolute Gasteiger partial charge is 0.232 e. The zero-order valence-corrected chi connectivity index (χ0v) is 11.3. The second-order valence-corrected chi connectivity index (χ2v) is 6.44. The number of nitrogens with two attached hydrogens (primary N) is 1. The van der Waals surface area contributed by atoms with Gasteiger partial charge in [-0.2, -0.15) is 4.98 Å². The Labute approximate surface area is 103 Å². The second-order valence-electron chi connectivity index (χ2n) is 6.44. The molecule has 0 radical (unpaired) electrons. The molecule has 1 atom stereocenters. The summed E-state index contributed by atoms with van der Waals surface area (Å²) in [7, 11) is 0. The number of hydrogen-bond donors (Lipinski definition) is 1. The van der Waals surface area contributed by atoms with Gasteiger partial charge in [-0.05, 0) is 25.7 Å².